The third kappa shape index (κ3) is 5.16. The van der Waals surface area contributed by atoms with Crippen molar-refractivity contribution >= 4 is 22.8 Å². The second-order valence-corrected chi connectivity index (χ2v) is 8.69. The van der Waals surface area contributed by atoms with E-state index in [9.17, 15) is 14.3 Å². The number of rotatable bonds is 7. The number of pyridine rings is 3. The summed E-state index contributed by atoms with van der Waals surface area (Å²) in [5.74, 6) is 0.756. The largest absolute Gasteiger partial charge is 0.481 e. The van der Waals surface area contributed by atoms with Gasteiger partial charge in [-0.05, 0) is 37.6 Å². The smallest absolute Gasteiger partial charge is 0.263 e. The molecule has 5 rings (SSSR count). The van der Waals surface area contributed by atoms with Crippen molar-refractivity contribution < 1.29 is 23.8 Å². The molecule has 10 nitrogen and oxygen atoms in total. The number of hydrogen-bond acceptors (Lipinski definition) is 9. The third-order valence-corrected chi connectivity index (χ3v) is 6.37. The molecule has 0 spiro atoms. The molecule has 0 aromatic carbocycles. The van der Waals surface area contributed by atoms with Gasteiger partial charge in [-0.3, -0.25) is 9.78 Å². The minimum atomic E-state index is -0.582. The highest BCUT2D eigenvalue weighted by Crippen LogP contribution is 2.26. The Balaban J connectivity index is 1.16. The Bertz CT molecular complexity index is 1240. The van der Waals surface area contributed by atoms with Gasteiger partial charge in [0.1, 0.15) is 5.82 Å². The van der Waals surface area contributed by atoms with Gasteiger partial charge in [-0.1, -0.05) is 0 Å². The molecule has 2 atom stereocenters. The minimum absolute atomic E-state index is 0.00816. The number of nitrogens with one attached hydrogen (secondary N) is 2. The molecule has 35 heavy (non-hydrogen) atoms. The van der Waals surface area contributed by atoms with Crippen LogP contribution >= 0.6 is 0 Å². The molecule has 0 unspecified atom stereocenters. The molecule has 1 fully saturated rings. The highest BCUT2D eigenvalue weighted by Gasteiger charge is 2.28. The number of amides is 1. The van der Waals surface area contributed by atoms with Crippen LogP contribution in [0, 0.1) is 5.82 Å². The van der Waals surface area contributed by atoms with E-state index in [1.54, 1.807) is 18.2 Å². The molecule has 184 valence electrons. The molecule has 3 N–H and O–H groups in total. The van der Waals surface area contributed by atoms with E-state index in [0.29, 0.717) is 60.1 Å². The van der Waals surface area contributed by atoms with Crippen LogP contribution in [0.1, 0.15) is 17.7 Å². The number of anilines is 1. The second-order valence-electron chi connectivity index (χ2n) is 8.69. The lowest BCUT2D eigenvalue weighted by molar-refractivity contribution is -0.118. The van der Waals surface area contributed by atoms with Crippen molar-refractivity contribution in [1.82, 2.24) is 25.2 Å². The Morgan fingerprint density at radius 3 is 3.03 bits per heavy atom. The van der Waals surface area contributed by atoms with Crippen molar-refractivity contribution in [1.29, 1.82) is 0 Å². The van der Waals surface area contributed by atoms with E-state index in [1.807, 2.05) is 6.07 Å². The topological polar surface area (TPSA) is 122 Å². The number of aliphatic hydroxyl groups excluding tert-OH is 1. The Kier molecular flexibility index (Phi) is 6.71. The zero-order valence-electron chi connectivity index (χ0n) is 19.3. The van der Waals surface area contributed by atoms with Crippen LogP contribution in [0.5, 0.6) is 11.6 Å². The molecule has 3 aromatic rings. The molecule has 5 heterocycles. The van der Waals surface area contributed by atoms with Crippen molar-refractivity contribution in [2.75, 3.05) is 38.7 Å². The van der Waals surface area contributed by atoms with Crippen LogP contribution in [-0.2, 0) is 17.8 Å². The number of carbonyl (C=O) groups excluding carboxylic acids is 1. The Labute approximate surface area is 201 Å². The van der Waals surface area contributed by atoms with E-state index in [4.69, 9.17) is 9.47 Å². The number of carbonyl (C=O) groups is 1. The van der Waals surface area contributed by atoms with Crippen LogP contribution in [0.15, 0.2) is 30.5 Å². The van der Waals surface area contributed by atoms with Gasteiger partial charge in [0.05, 0.1) is 36.1 Å². The number of methoxy groups -OCH3 is 1. The number of β-amino-alcohol motifs (C(OH)–C–C–N with tert-alkyl or cyclic N) is 1. The van der Waals surface area contributed by atoms with Gasteiger partial charge < -0.3 is 30.1 Å². The average molecular weight is 483 g/mol. The number of piperidine rings is 1. The molecular formula is C24H27FN6O4. The number of aromatic nitrogens is 3. The summed E-state index contributed by atoms with van der Waals surface area (Å²) in [6, 6.07) is 6.99. The summed E-state index contributed by atoms with van der Waals surface area (Å²) in [6.07, 6.45) is 1.82. The first kappa shape index (κ1) is 23.3. The maximum Gasteiger partial charge on any atom is 0.263 e. The fourth-order valence-corrected chi connectivity index (χ4v) is 4.48. The van der Waals surface area contributed by atoms with Gasteiger partial charge in [-0.2, -0.15) is 0 Å². The predicted molar refractivity (Wildman–Crippen MR) is 126 cm³/mol. The normalized spacial score (nSPS) is 20.3. The van der Waals surface area contributed by atoms with Crippen molar-refractivity contribution in [3.05, 3.63) is 47.5 Å². The minimum Gasteiger partial charge on any atom is -0.481 e. The summed E-state index contributed by atoms with van der Waals surface area (Å²) in [5, 5.41) is 16.8. The van der Waals surface area contributed by atoms with E-state index in [0.717, 1.165) is 18.7 Å². The maximum atomic E-state index is 14.6. The highest BCUT2D eigenvalue weighted by atomic mass is 19.1. The Morgan fingerprint density at radius 2 is 2.20 bits per heavy atom. The number of halogens is 1. The number of likely N-dealkylation sites (tertiary alicyclic amines) is 1. The molecule has 3 aromatic heterocycles. The molecule has 0 saturated carbocycles. The van der Waals surface area contributed by atoms with Crippen LogP contribution in [0.2, 0.25) is 0 Å². The monoisotopic (exact) mass is 482 g/mol. The number of nitrogens with zero attached hydrogens (tertiary/aromatic N) is 4. The van der Waals surface area contributed by atoms with Gasteiger partial charge in [0.2, 0.25) is 5.88 Å². The maximum absolute atomic E-state index is 14.6. The van der Waals surface area contributed by atoms with E-state index >= 15 is 0 Å². The zero-order valence-corrected chi connectivity index (χ0v) is 19.3. The van der Waals surface area contributed by atoms with E-state index in [1.165, 1.54) is 13.3 Å². The van der Waals surface area contributed by atoms with Gasteiger partial charge in [0.25, 0.3) is 5.91 Å². The van der Waals surface area contributed by atoms with E-state index in [2.05, 4.69) is 30.5 Å². The third-order valence-electron chi connectivity index (χ3n) is 6.37. The van der Waals surface area contributed by atoms with Gasteiger partial charge in [0.15, 0.2) is 18.2 Å². The molecular weight excluding hydrogens is 455 g/mol. The Morgan fingerprint density at radius 1 is 1.31 bits per heavy atom. The molecule has 0 radical (unpaired) electrons. The van der Waals surface area contributed by atoms with E-state index < -0.39 is 11.9 Å². The summed E-state index contributed by atoms with van der Waals surface area (Å²) in [4.78, 5) is 26.6. The van der Waals surface area contributed by atoms with E-state index in [-0.39, 0.29) is 18.6 Å². The highest BCUT2D eigenvalue weighted by molar-refractivity contribution is 5.94. The standard InChI is InChI=1S/C24H27FN6O4/c1-34-22-5-3-18-23(30-22)15(16(25)11-27-18)6-8-31-9-7-17(19(32)12-31)26-10-14-2-4-20-24(28-14)29-21(33)13-35-20/h2-5,11,17,19,26,32H,6-10,12-13H2,1H3,(H,28,29,33)/t17-,19-/m0/s1. The molecule has 2 aliphatic heterocycles. The summed E-state index contributed by atoms with van der Waals surface area (Å²) >= 11 is 0. The van der Waals surface area contributed by atoms with Crippen molar-refractivity contribution in [2.24, 2.45) is 0 Å². The molecule has 0 bridgehead atoms. The summed E-state index contributed by atoms with van der Waals surface area (Å²) < 4.78 is 25.1. The lowest BCUT2D eigenvalue weighted by atomic mass is 10.0. The van der Waals surface area contributed by atoms with Crippen LogP contribution in [0.4, 0.5) is 10.2 Å². The van der Waals surface area contributed by atoms with Gasteiger partial charge in [0, 0.05) is 37.3 Å². The molecule has 1 saturated heterocycles. The Hall–Kier alpha value is -3.41. The van der Waals surface area contributed by atoms with Gasteiger partial charge in [-0.25, -0.2) is 14.4 Å². The molecule has 11 heteroatoms. The number of fused-ring (bicyclic) bond motifs is 2. The molecule has 0 aliphatic carbocycles. The first-order valence-corrected chi connectivity index (χ1v) is 11.5. The molecule has 1 amide bonds. The predicted octanol–water partition coefficient (Wildman–Crippen LogP) is 1.27. The fourth-order valence-electron chi connectivity index (χ4n) is 4.48. The van der Waals surface area contributed by atoms with Crippen LogP contribution < -0.4 is 20.1 Å². The zero-order chi connectivity index (χ0) is 24.4. The summed E-state index contributed by atoms with van der Waals surface area (Å²) in [5.41, 5.74) is 2.36. The number of hydrogen-bond donors (Lipinski definition) is 3. The summed E-state index contributed by atoms with van der Waals surface area (Å²) in [6.45, 7) is 2.27. The first-order valence-electron chi connectivity index (χ1n) is 11.5. The SMILES string of the molecule is COc1ccc2ncc(F)c(CCN3CC[C@H](NCc4ccc5c(n4)NC(=O)CO5)[C@@H](O)C3)c2n1. The average Bonchev–Trinajstić information content (AvgIpc) is 2.87. The van der Waals surface area contributed by atoms with Crippen LogP contribution in [0.25, 0.3) is 11.0 Å². The van der Waals surface area contributed by atoms with Crippen molar-refractivity contribution in [2.45, 2.75) is 31.5 Å². The van der Waals surface area contributed by atoms with Crippen LogP contribution in [-0.4, -0.2) is 76.4 Å². The van der Waals surface area contributed by atoms with Crippen LogP contribution in [0.3, 0.4) is 0 Å². The fraction of sp³-hybridized carbons (Fsp3) is 0.417. The number of ether oxygens (including phenoxy) is 2. The second kappa shape index (κ2) is 10.1. The van der Waals surface area contributed by atoms with Gasteiger partial charge >= 0.3 is 0 Å². The quantitative estimate of drug-likeness (QED) is 0.457. The van der Waals surface area contributed by atoms with Crippen molar-refractivity contribution in [3.8, 4) is 11.6 Å². The lowest BCUT2D eigenvalue weighted by Crippen LogP contribution is -2.52. The molecule has 2 aliphatic rings. The first-order chi connectivity index (χ1) is 17.0. The number of aliphatic hydroxyl groups is 1. The lowest BCUT2D eigenvalue weighted by Gasteiger charge is -2.36. The van der Waals surface area contributed by atoms with Crippen molar-refractivity contribution in [3.63, 3.8) is 0 Å². The van der Waals surface area contributed by atoms with Gasteiger partial charge in [-0.15, -0.1) is 0 Å². The summed E-state index contributed by atoms with van der Waals surface area (Å²) in [7, 11) is 1.52.